The molecule has 1 saturated heterocycles. The van der Waals surface area contributed by atoms with Crippen molar-refractivity contribution < 1.29 is 9.53 Å². The van der Waals surface area contributed by atoms with Crippen LogP contribution in [0.15, 0.2) is 0 Å². The van der Waals surface area contributed by atoms with Gasteiger partial charge in [0.15, 0.2) is 0 Å². The van der Waals surface area contributed by atoms with Gasteiger partial charge in [0.2, 0.25) is 5.91 Å². The Morgan fingerprint density at radius 3 is 2.75 bits per heavy atom. The highest BCUT2D eigenvalue weighted by atomic mass is 16.6. The summed E-state index contributed by atoms with van der Waals surface area (Å²) in [7, 11) is 0. The predicted molar refractivity (Wildman–Crippen MR) is 46.9 cm³/mol. The molecule has 0 bridgehead atoms. The third kappa shape index (κ3) is 3.22. The average molecular weight is 171 g/mol. The van der Waals surface area contributed by atoms with Crippen LogP contribution >= 0.6 is 0 Å². The minimum absolute atomic E-state index is 0.123. The molecule has 0 saturated carbocycles. The molecule has 1 heterocycles. The zero-order valence-corrected chi connectivity index (χ0v) is 7.80. The van der Waals surface area contributed by atoms with E-state index in [-0.39, 0.29) is 12.0 Å². The molecule has 1 aliphatic heterocycles. The number of unbranched alkanes of at least 4 members (excludes halogenated alkanes) is 1. The SMILES string of the molecule is CCCCNC(=O)CC1OC1C. The molecule has 1 fully saturated rings. The molecule has 1 amide bonds. The summed E-state index contributed by atoms with van der Waals surface area (Å²) >= 11 is 0. The zero-order chi connectivity index (χ0) is 8.97. The fourth-order valence-electron chi connectivity index (χ4n) is 1.10. The molecule has 2 atom stereocenters. The monoisotopic (exact) mass is 171 g/mol. The maximum atomic E-state index is 11.1. The standard InChI is InChI=1S/C9H17NO2/c1-3-4-5-10-9(11)6-8-7(2)12-8/h7-8H,3-6H2,1-2H3,(H,10,11). The largest absolute Gasteiger partial charge is 0.369 e. The fraction of sp³-hybridized carbons (Fsp3) is 0.889. The highest BCUT2D eigenvalue weighted by molar-refractivity contribution is 5.76. The van der Waals surface area contributed by atoms with Crippen LogP contribution in [0.2, 0.25) is 0 Å². The lowest BCUT2D eigenvalue weighted by Crippen LogP contribution is -2.25. The average Bonchev–Trinajstić information content (AvgIpc) is 2.67. The third-order valence-electron chi connectivity index (χ3n) is 2.08. The molecule has 12 heavy (non-hydrogen) atoms. The number of hydrogen-bond acceptors (Lipinski definition) is 2. The summed E-state index contributed by atoms with van der Waals surface area (Å²) in [4.78, 5) is 11.1. The van der Waals surface area contributed by atoms with Crippen molar-refractivity contribution in [3.05, 3.63) is 0 Å². The van der Waals surface area contributed by atoms with Gasteiger partial charge in [0, 0.05) is 6.54 Å². The van der Waals surface area contributed by atoms with E-state index < -0.39 is 0 Å². The highest BCUT2D eigenvalue weighted by Gasteiger charge is 2.35. The number of carbonyl (C=O) groups is 1. The van der Waals surface area contributed by atoms with Gasteiger partial charge in [0.05, 0.1) is 18.6 Å². The molecule has 3 nitrogen and oxygen atoms in total. The molecule has 0 spiro atoms. The first kappa shape index (κ1) is 9.52. The Hall–Kier alpha value is -0.570. The zero-order valence-electron chi connectivity index (χ0n) is 7.80. The van der Waals surface area contributed by atoms with Crippen molar-refractivity contribution in [3.8, 4) is 0 Å². The Kier molecular flexibility index (Phi) is 3.53. The molecular formula is C9H17NO2. The predicted octanol–water partition coefficient (Wildman–Crippen LogP) is 1.08. The molecule has 0 aromatic rings. The van der Waals surface area contributed by atoms with Gasteiger partial charge in [-0.25, -0.2) is 0 Å². The first-order valence-corrected chi connectivity index (χ1v) is 4.66. The minimum Gasteiger partial charge on any atom is -0.369 e. The van der Waals surface area contributed by atoms with Crippen LogP contribution in [0, 0.1) is 0 Å². The molecule has 1 rings (SSSR count). The van der Waals surface area contributed by atoms with E-state index in [2.05, 4.69) is 12.2 Å². The number of amides is 1. The van der Waals surface area contributed by atoms with Crippen molar-refractivity contribution in [1.29, 1.82) is 0 Å². The lowest BCUT2D eigenvalue weighted by atomic mass is 10.2. The molecule has 0 aromatic heterocycles. The minimum atomic E-state index is 0.123. The lowest BCUT2D eigenvalue weighted by molar-refractivity contribution is -0.121. The molecule has 0 aromatic carbocycles. The Balaban J connectivity index is 1.97. The molecule has 2 unspecified atom stereocenters. The van der Waals surface area contributed by atoms with E-state index in [4.69, 9.17) is 4.74 Å². The van der Waals surface area contributed by atoms with E-state index in [1.807, 2.05) is 6.92 Å². The summed E-state index contributed by atoms with van der Waals surface area (Å²) in [5.74, 6) is 0.123. The van der Waals surface area contributed by atoms with Crippen molar-refractivity contribution in [3.63, 3.8) is 0 Å². The number of rotatable bonds is 5. The summed E-state index contributed by atoms with van der Waals surface area (Å²) in [5, 5.41) is 2.86. The van der Waals surface area contributed by atoms with Crippen LogP contribution in [-0.2, 0) is 9.53 Å². The van der Waals surface area contributed by atoms with Crippen LogP contribution in [-0.4, -0.2) is 24.7 Å². The van der Waals surface area contributed by atoms with Crippen LogP contribution in [0.5, 0.6) is 0 Å². The van der Waals surface area contributed by atoms with Gasteiger partial charge in [-0.2, -0.15) is 0 Å². The van der Waals surface area contributed by atoms with Gasteiger partial charge in [-0.1, -0.05) is 13.3 Å². The Morgan fingerprint density at radius 1 is 1.58 bits per heavy atom. The van der Waals surface area contributed by atoms with Crippen molar-refractivity contribution in [2.45, 2.75) is 45.3 Å². The molecule has 3 heteroatoms. The van der Waals surface area contributed by atoms with E-state index in [0.717, 1.165) is 19.4 Å². The van der Waals surface area contributed by atoms with Crippen LogP contribution in [0.25, 0.3) is 0 Å². The third-order valence-corrected chi connectivity index (χ3v) is 2.08. The van der Waals surface area contributed by atoms with E-state index >= 15 is 0 Å². The summed E-state index contributed by atoms with van der Waals surface area (Å²) in [6.07, 6.45) is 3.20. The van der Waals surface area contributed by atoms with Gasteiger partial charge in [0.1, 0.15) is 0 Å². The van der Waals surface area contributed by atoms with Crippen LogP contribution in [0.1, 0.15) is 33.1 Å². The van der Waals surface area contributed by atoms with Crippen LogP contribution < -0.4 is 5.32 Å². The summed E-state index contributed by atoms with van der Waals surface area (Å²) < 4.78 is 5.13. The lowest BCUT2D eigenvalue weighted by Gasteiger charge is -2.01. The quantitative estimate of drug-likeness (QED) is 0.497. The first-order chi connectivity index (χ1) is 5.74. The van der Waals surface area contributed by atoms with Crippen molar-refractivity contribution >= 4 is 5.91 Å². The van der Waals surface area contributed by atoms with Gasteiger partial charge in [-0.15, -0.1) is 0 Å². The van der Waals surface area contributed by atoms with E-state index in [1.165, 1.54) is 0 Å². The summed E-state index contributed by atoms with van der Waals surface area (Å²) in [6.45, 7) is 4.90. The second kappa shape index (κ2) is 4.45. The number of hydrogen-bond donors (Lipinski definition) is 1. The number of carbonyl (C=O) groups excluding carboxylic acids is 1. The van der Waals surface area contributed by atoms with Gasteiger partial charge in [-0.05, 0) is 13.3 Å². The Morgan fingerprint density at radius 2 is 2.25 bits per heavy atom. The van der Waals surface area contributed by atoms with E-state index in [1.54, 1.807) is 0 Å². The summed E-state index contributed by atoms with van der Waals surface area (Å²) in [6, 6.07) is 0. The van der Waals surface area contributed by atoms with Gasteiger partial charge < -0.3 is 10.1 Å². The topological polar surface area (TPSA) is 41.6 Å². The smallest absolute Gasteiger partial charge is 0.222 e. The maximum Gasteiger partial charge on any atom is 0.222 e. The van der Waals surface area contributed by atoms with E-state index in [0.29, 0.717) is 12.5 Å². The molecule has 70 valence electrons. The Labute approximate surface area is 73.5 Å². The van der Waals surface area contributed by atoms with Crippen LogP contribution in [0.3, 0.4) is 0 Å². The first-order valence-electron chi connectivity index (χ1n) is 4.66. The van der Waals surface area contributed by atoms with Crippen molar-refractivity contribution in [1.82, 2.24) is 5.32 Å². The molecule has 0 radical (unpaired) electrons. The second-order valence-corrected chi connectivity index (χ2v) is 3.29. The summed E-state index contributed by atoms with van der Waals surface area (Å²) in [5.41, 5.74) is 0. The van der Waals surface area contributed by atoms with Crippen molar-refractivity contribution in [2.24, 2.45) is 0 Å². The maximum absolute atomic E-state index is 11.1. The van der Waals surface area contributed by atoms with Gasteiger partial charge in [-0.3, -0.25) is 4.79 Å². The molecule has 1 aliphatic rings. The molecule has 1 N–H and O–H groups in total. The van der Waals surface area contributed by atoms with Gasteiger partial charge in [0.25, 0.3) is 0 Å². The highest BCUT2D eigenvalue weighted by Crippen LogP contribution is 2.23. The van der Waals surface area contributed by atoms with Crippen LogP contribution in [0.4, 0.5) is 0 Å². The Bertz CT molecular complexity index is 159. The fourth-order valence-corrected chi connectivity index (χ4v) is 1.10. The number of ether oxygens (including phenoxy) is 1. The van der Waals surface area contributed by atoms with E-state index in [9.17, 15) is 4.79 Å². The van der Waals surface area contributed by atoms with Gasteiger partial charge >= 0.3 is 0 Å². The number of nitrogens with one attached hydrogen (secondary N) is 1. The number of epoxide rings is 1. The normalized spacial score (nSPS) is 26.8. The molecule has 0 aliphatic carbocycles. The van der Waals surface area contributed by atoms with Crippen molar-refractivity contribution in [2.75, 3.05) is 6.54 Å². The molecular weight excluding hydrogens is 154 g/mol. The second-order valence-electron chi connectivity index (χ2n) is 3.29.